The molecule has 8 heteroatoms. The lowest BCUT2D eigenvalue weighted by molar-refractivity contribution is -0.124. The van der Waals surface area contributed by atoms with Crippen molar-refractivity contribution in [3.8, 4) is 0 Å². The molecule has 1 heterocycles. The maximum atomic E-state index is 13.3. The van der Waals surface area contributed by atoms with E-state index in [1.807, 2.05) is 0 Å². The van der Waals surface area contributed by atoms with Gasteiger partial charge in [-0.2, -0.15) is 0 Å². The maximum absolute atomic E-state index is 13.3. The average molecular weight is 350 g/mol. The summed E-state index contributed by atoms with van der Waals surface area (Å²) in [6.07, 6.45) is 1.86. The van der Waals surface area contributed by atoms with Crippen LogP contribution in [0.3, 0.4) is 0 Å². The number of nitrogens with one attached hydrogen (secondary N) is 1. The lowest BCUT2D eigenvalue weighted by Gasteiger charge is -2.11. The lowest BCUT2D eigenvalue weighted by atomic mass is 10.2. The smallest absolute Gasteiger partial charge is 0.340 e. The van der Waals surface area contributed by atoms with Gasteiger partial charge in [0.05, 0.1) is 21.7 Å². The van der Waals surface area contributed by atoms with Crippen LogP contribution in [0.5, 0.6) is 0 Å². The number of hydrogen-bond acceptors (Lipinski definition) is 4. The van der Waals surface area contributed by atoms with Crippen molar-refractivity contribution in [2.75, 3.05) is 19.8 Å². The van der Waals surface area contributed by atoms with E-state index in [-0.39, 0.29) is 21.7 Å². The zero-order chi connectivity index (χ0) is 16.1. The third-order valence-electron chi connectivity index (χ3n) is 3.12. The van der Waals surface area contributed by atoms with Gasteiger partial charge in [0.25, 0.3) is 5.91 Å². The van der Waals surface area contributed by atoms with Gasteiger partial charge in [-0.05, 0) is 25.0 Å². The summed E-state index contributed by atoms with van der Waals surface area (Å²) in [5.74, 6) is -2.15. The van der Waals surface area contributed by atoms with Gasteiger partial charge >= 0.3 is 5.97 Å². The Labute approximate surface area is 136 Å². The molecular weight excluding hydrogens is 336 g/mol. The van der Waals surface area contributed by atoms with Crippen molar-refractivity contribution >= 4 is 35.1 Å². The molecule has 120 valence electrons. The Morgan fingerprint density at radius 1 is 1.36 bits per heavy atom. The maximum Gasteiger partial charge on any atom is 0.340 e. The van der Waals surface area contributed by atoms with Crippen LogP contribution in [-0.4, -0.2) is 37.7 Å². The number of carbonyl (C=O) groups excluding carboxylic acids is 2. The SMILES string of the molecule is O=C(COC(=O)c1cc(F)c(Cl)cc1Cl)NC[C@H]1CCCO1. The van der Waals surface area contributed by atoms with Gasteiger partial charge in [0, 0.05) is 13.2 Å². The molecule has 0 saturated carbocycles. The number of benzene rings is 1. The summed E-state index contributed by atoms with van der Waals surface area (Å²) >= 11 is 11.3. The first-order chi connectivity index (χ1) is 10.5. The van der Waals surface area contributed by atoms with Crippen molar-refractivity contribution in [3.63, 3.8) is 0 Å². The Morgan fingerprint density at radius 3 is 2.82 bits per heavy atom. The van der Waals surface area contributed by atoms with E-state index in [2.05, 4.69) is 5.32 Å². The summed E-state index contributed by atoms with van der Waals surface area (Å²) in [6, 6.07) is 1.98. The van der Waals surface area contributed by atoms with Crippen LogP contribution in [0.15, 0.2) is 12.1 Å². The molecule has 0 bridgehead atoms. The van der Waals surface area contributed by atoms with Crippen molar-refractivity contribution in [1.82, 2.24) is 5.32 Å². The summed E-state index contributed by atoms with van der Waals surface area (Å²) in [5, 5.41) is 2.35. The van der Waals surface area contributed by atoms with Gasteiger partial charge < -0.3 is 14.8 Å². The van der Waals surface area contributed by atoms with E-state index in [9.17, 15) is 14.0 Å². The molecule has 1 aromatic rings. The molecule has 1 atom stereocenters. The first-order valence-corrected chi connectivity index (χ1v) is 7.43. The zero-order valence-electron chi connectivity index (χ0n) is 11.5. The molecule has 22 heavy (non-hydrogen) atoms. The van der Waals surface area contributed by atoms with Crippen molar-refractivity contribution in [1.29, 1.82) is 0 Å². The molecule has 1 fully saturated rings. The molecule has 1 aromatic carbocycles. The van der Waals surface area contributed by atoms with Crippen LogP contribution in [0.2, 0.25) is 10.0 Å². The molecule has 1 aliphatic rings. The monoisotopic (exact) mass is 349 g/mol. The topological polar surface area (TPSA) is 64.6 Å². The zero-order valence-corrected chi connectivity index (χ0v) is 13.0. The van der Waals surface area contributed by atoms with Crippen LogP contribution in [0.4, 0.5) is 4.39 Å². The fraction of sp³-hybridized carbons (Fsp3) is 0.429. The van der Waals surface area contributed by atoms with Gasteiger partial charge in [0.1, 0.15) is 5.82 Å². The molecule has 5 nitrogen and oxygen atoms in total. The number of hydrogen-bond donors (Lipinski definition) is 1. The van der Waals surface area contributed by atoms with Crippen molar-refractivity contribution in [2.45, 2.75) is 18.9 Å². The highest BCUT2D eigenvalue weighted by Gasteiger charge is 2.18. The molecule has 0 spiro atoms. The summed E-state index contributed by atoms with van der Waals surface area (Å²) < 4.78 is 23.5. The van der Waals surface area contributed by atoms with E-state index >= 15 is 0 Å². The Hall–Kier alpha value is -1.37. The lowest BCUT2D eigenvalue weighted by Crippen LogP contribution is -2.34. The highest BCUT2D eigenvalue weighted by molar-refractivity contribution is 6.36. The van der Waals surface area contributed by atoms with E-state index < -0.39 is 24.3 Å². The standard InChI is InChI=1S/C14H14Cl2FNO4/c15-10-5-11(16)12(17)4-9(10)14(20)22-7-13(19)18-6-8-2-1-3-21-8/h4-5,8H,1-3,6-7H2,(H,18,19)/t8-/m1/s1. The summed E-state index contributed by atoms with van der Waals surface area (Å²) in [6.45, 7) is 0.578. The van der Waals surface area contributed by atoms with Crippen LogP contribution in [0.25, 0.3) is 0 Å². The molecular formula is C14H14Cl2FNO4. The Bertz CT molecular complexity index is 576. The van der Waals surface area contributed by atoms with Gasteiger partial charge in [-0.1, -0.05) is 23.2 Å². The third-order valence-corrected chi connectivity index (χ3v) is 3.72. The van der Waals surface area contributed by atoms with Crippen molar-refractivity contribution in [2.24, 2.45) is 0 Å². The Morgan fingerprint density at radius 2 is 2.14 bits per heavy atom. The van der Waals surface area contributed by atoms with Gasteiger partial charge in [0.15, 0.2) is 6.61 Å². The van der Waals surface area contributed by atoms with Crippen LogP contribution in [0.1, 0.15) is 23.2 Å². The van der Waals surface area contributed by atoms with Crippen molar-refractivity contribution in [3.05, 3.63) is 33.6 Å². The normalized spacial score (nSPS) is 17.3. The minimum Gasteiger partial charge on any atom is -0.452 e. The molecule has 1 saturated heterocycles. The number of halogens is 3. The van der Waals surface area contributed by atoms with Crippen LogP contribution < -0.4 is 5.32 Å². The van der Waals surface area contributed by atoms with E-state index in [4.69, 9.17) is 32.7 Å². The highest BCUT2D eigenvalue weighted by Crippen LogP contribution is 2.24. The first-order valence-electron chi connectivity index (χ1n) is 6.67. The molecule has 1 amide bonds. The Kier molecular flexibility index (Phi) is 5.99. The first kappa shape index (κ1) is 17.0. The second-order valence-electron chi connectivity index (χ2n) is 4.76. The molecule has 0 aliphatic carbocycles. The predicted molar refractivity (Wildman–Crippen MR) is 78.7 cm³/mol. The van der Waals surface area contributed by atoms with Gasteiger partial charge in [-0.3, -0.25) is 4.79 Å². The van der Waals surface area contributed by atoms with Crippen LogP contribution in [0, 0.1) is 5.82 Å². The molecule has 2 rings (SSSR count). The molecule has 1 N–H and O–H groups in total. The largest absolute Gasteiger partial charge is 0.452 e. The predicted octanol–water partition coefficient (Wildman–Crippen LogP) is 2.58. The van der Waals surface area contributed by atoms with Crippen LogP contribution >= 0.6 is 23.2 Å². The van der Waals surface area contributed by atoms with Gasteiger partial charge in [0.2, 0.25) is 0 Å². The van der Waals surface area contributed by atoms with E-state index in [1.165, 1.54) is 0 Å². The van der Waals surface area contributed by atoms with E-state index in [1.54, 1.807) is 0 Å². The molecule has 0 unspecified atom stereocenters. The van der Waals surface area contributed by atoms with Gasteiger partial charge in [-0.15, -0.1) is 0 Å². The van der Waals surface area contributed by atoms with Crippen molar-refractivity contribution < 1.29 is 23.5 Å². The second-order valence-corrected chi connectivity index (χ2v) is 5.58. The number of ether oxygens (including phenoxy) is 2. The third kappa shape index (κ3) is 4.56. The van der Waals surface area contributed by atoms with Crippen LogP contribution in [-0.2, 0) is 14.3 Å². The van der Waals surface area contributed by atoms with Gasteiger partial charge in [-0.25, -0.2) is 9.18 Å². The average Bonchev–Trinajstić information content (AvgIpc) is 2.99. The summed E-state index contributed by atoms with van der Waals surface area (Å²) in [5.41, 5.74) is -0.185. The minimum atomic E-state index is -0.896. The highest BCUT2D eigenvalue weighted by atomic mass is 35.5. The summed E-state index contributed by atoms with van der Waals surface area (Å²) in [7, 11) is 0. The fourth-order valence-corrected chi connectivity index (χ4v) is 2.43. The quantitative estimate of drug-likeness (QED) is 0.655. The Balaban J connectivity index is 1.81. The minimum absolute atomic E-state index is 0.000503. The van der Waals surface area contributed by atoms with E-state index in [0.717, 1.165) is 25.0 Å². The van der Waals surface area contributed by atoms with E-state index in [0.29, 0.717) is 13.2 Å². The number of amides is 1. The second kappa shape index (κ2) is 7.76. The summed E-state index contributed by atoms with van der Waals surface area (Å²) in [4.78, 5) is 23.3. The number of rotatable bonds is 5. The number of carbonyl (C=O) groups is 2. The molecule has 0 radical (unpaired) electrons. The fourth-order valence-electron chi connectivity index (χ4n) is 1.97. The molecule has 0 aromatic heterocycles. The molecule has 1 aliphatic heterocycles. The number of esters is 1.